The van der Waals surface area contributed by atoms with Gasteiger partial charge in [-0.3, -0.25) is 9.48 Å². The fourth-order valence-corrected chi connectivity index (χ4v) is 3.81. The van der Waals surface area contributed by atoms with Crippen LogP contribution in [0.15, 0.2) is 15.3 Å². The zero-order valence-corrected chi connectivity index (χ0v) is 15.7. The van der Waals surface area contributed by atoms with Crippen molar-refractivity contribution < 1.29 is 18.5 Å². The van der Waals surface area contributed by atoms with Crippen molar-refractivity contribution in [3.8, 4) is 11.6 Å². The Hall–Kier alpha value is -3.01. The quantitative estimate of drug-likeness (QED) is 0.672. The van der Waals surface area contributed by atoms with E-state index < -0.39 is 0 Å². The van der Waals surface area contributed by atoms with Crippen LogP contribution in [0.25, 0.3) is 11.6 Å². The number of carbonyl (C=O) groups excluding carboxylic acids is 1. The molecule has 0 unspecified atom stereocenters. The third kappa shape index (κ3) is 2.71. The Bertz CT molecular complexity index is 1030. The monoisotopic (exact) mass is 384 g/mol. The first-order valence-corrected chi connectivity index (χ1v) is 9.27. The minimum absolute atomic E-state index is 0.189. The fourth-order valence-electron chi connectivity index (χ4n) is 3.81. The van der Waals surface area contributed by atoms with Crippen molar-refractivity contribution in [2.75, 3.05) is 13.2 Å². The maximum atomic E-state index is 12.8. The number of fused-ring (bicyclic) bond motifs is 1. The SMILES string of the molecule is Cc1ncoc1C(=O)N1Cc2c(-c3nc(C4CCOCC4)no3)nn(C)c2C1. The third-order valence-electron chi connectivity index (χ3n) is 5.42. The van der Waals surface area contributed by atoms with E-state index in [1.165, 1.54) is 6.39 Å². The number of oxazole rings is 1. The van der Waals surface area contributed by atoms with E-state index in [1.54, 1.807) is 16.5 Å². The van der Waals surface area contributed by atoms with Crippen LogP contribution in [0.1, 0.15) is 52.1 Å². The summed E-state index contributed by atoms with van der Waals surface area (Å²) >= 11 is 0. The summed E-state index contributed by atoms with van der Waals surface area (Å²) in [6.45, 7) is 4.03. The summed E-state index contributed by atoms with van der Waals surface area (Å²) in [4.78, 5) is 23.1. The molecule has 0 radical (unpaired) electrons. The molecule has 1 amide bonds. The van der Waals surface area contributed by atoms with Crippen LogP contribution in [-0.4, -0.2) is 48.9 Å². The van der Waals surface area contributed by atoms with Crippen molar-refractivity contribution in [3.63, 3.8) is 0 Å². The molecule has 0 aliphatic carbocycles. The number of hydrogen-bond donors (Lipinski definition) is 0. The molecule has 0 aromatic carbocycles. The Morgan fingerprint density at radius 2 is 2.07 bits per heavy atom. The smallest absolute Gasteiger partial charge is 0.292 e. The molecule has 3 aromatic rings. The Labute approximate surface area is 160 Å². The van der Waals surface area contributed by atoms with Crippen molar-refractivity contribution >= 4 is 5.91 Å². The van der Waals surface area contributed by atoms with Gasteiger partial charge in [0.1, 0.15) is 0 Å². The zero-order valence-electron chi connectivity index (χ0n) is 15.7. The van der Waals surface area contributed by atoms with E-state index in [-0.39, 0.29) is 17.6 Å². The molecule has 10 nitrogen and oxygen atoms in total. The number of amides is 1. The number of carbonyl (C=O) groups is 1. The van der Waals surface area contributed by atoms with Crippen molar-refractivity contribution in [2.45, 2.75) is 38.8 Å². The lowest BCUT2D eigenvalue weighted by molar-refractivity contribution is 0.0715. The molecule has 10 heteroatoms. The molecule has 2 aliphatic heterocycles. The maximum Gasteiger partial charge on any atom is 0.292 e. The van der Waals surface area contributed by atoms with Gasteiger partial charge in [-0.2, -0.15) is 10.1 Å². The molecule has 146 valence electrons. The van der Waals surface area contributed by atoms with Crippen LogP contribution in [0.2, 0.25) is 0 Å². The molecule has 1 saturated heterocycles. The number of rotatable bonds is 3. The fraction of sp³-hybridized carbons (Fsp3) is 0.500. The van der Waals surface area contributed by atoms with Gasteiger partial charge >= 0.3 is 0 Å². The average molecular weight is 384 g/mol. The van der Waals surface area contributed by atoms with Crippen LogP contribution in [0.4, 0.5) is 0 Å². The van der Waals surface area contributed by atoms with E-state index >= 15 is 0 Å². The van der Waals surface area contributed by atoms with Crippen molar-refractivity contribution in [2.24, 2.45) is 7.05 Å². The second-order valence-electron chi connectivity index (χ2n) is 7.17. The first kappa shape index (κ1) is 17.1. The van der Waals surface area contributed by atoms with Crippen LogP contribution in [0.3, 0.4) is 0 Å². The molecule has 2 aliphatic rings. The van der Waals surface area contributed by atoms with Crippen molar-refractivity contribution in [3.05, 3.63) is 34.9 Å². The third-order valence-corrected chi connectivity index (χ3v) is 5.42. The first-order chi connectivity index (χ1) is 13.6. The minimum atomic E-state index is -0.189. The molecule has 0 atom stereocenters. The second kappa shape index (κ2) is 6.55. The van der Waals surface area contributed by atoms with E-state index in [9.17, 15) is 4.79 Å². The number of aromatic nitrogens is 5. The Morgan fingerprint density at radius 1 is 1.25 bits per heavy atom. The highest BCUT2D eigenvalue weighted by atomic mass is 16.5. The van der Waals surface area contributed by atoms with Gasteiger partial charge in [0, 0.05) is 31.7 Å². The van der Waals surface area contributed by atoms with Gasteiger partial charge in [-0.25, -0.2) is 4.98 Å². The topological polar surface area (TPSA) is 112 Å². The van der Waals surface area contributed by atoms with Crippen LogP contribution < -0.4 is 0 Å². The van der Waals surface area contributed by atoms with Gasteiger partial charge < -0.3 is 18.6 Å². The van der Waals surface area contributed by atoms with Gasteiger partial charge in [-0.1, -0.05) is 5.16 Å². The molecule has 3 aromatic heterocycles. The number of nitrogens with zero attached hydrogens (tertiary/aromatic N) is 6. The van der Waals surface area contributed by atoms with Crippen LogP contribution in [-0.2, 0) is 24.9 Å². The van der Waals surface area contributed by atoms with E-state index in [1.807, 2.05) is 7.05 Å². The molecule has 0 saturated carbocycles. The standard InChI is InChI=1S/C18H20N6O4/c1-10-15(27-9-19-10)18(25)24-7-12-13(8-24)23(2)21-14(12)17-20-16(22-28-17)11-3-5-26-6-4-11/h9,11H,3-8H2,1-2H3. The molecular formula is C18H20N6O4. The van der Waals surface area contributed by atoms with Crippen LogP contribution in [0, 0.1) is 6.92 Å². The molecule has 28 heavy (non-hydrogen) atoms. The number of aryl methyl sites for hydroxylation is 2. The average Bonchev–Trinajstić information content (AvgIpc) is 3.47. The summed E-state index contributed by atoms with van der Waals surface area (Å²) in [5.41, 5.74) is 3.09. The summed E-state index contributed by atoms with van der Waals surface area (Å²) in [5.74, 6) is 1.41. The Morgan fingerprint density at radius 3 is 2.82 bits per heavy atom. The highest BCUT2D eigenvalue weighted by molar-refractivity contribution is 5.92. The van der Waals surface area contributed by atoms with E-state index in [2.05, 4.69) is 20.2 Å². The lowest BCUT2D eigenvalue weighted by atomic mass is 10.00. The number of hydrogen-bond acceptors (Lipinski definition) is 8. The molecule has 5 heterocycles. The summed E-state index contributed by atoms with van der Waals surface area (Å²) in [6.07, 6.45) is 3.06. The van der Waals surface area contributed by atoms with Gasteiger partial charge in [0.05, 0.1) is 24.5 Å². The number of ether oxygens (including phenoxy) is 1. The summed E-state index contributed by atoms with van der Waals surface area (Å²) in [7, 11) is 1.85. The molecule has 5 rings (SSSR count). The van der Waals surface area contributed by atoms with E-state index in [0.717, 1.165) is 24.1 Å². The summed E-state index contributed by atoms with van der Waals surface area (Å²) in [5, 5.41) is 8.72. The van der Waals surface area contributed by atoms with E-state index in [4.69, 9.17) is 13.7 Å². The van der Waals surface area contributed by atoms with Gasteiger partial charge in [-0.15, -0.1) is 0 Å². The first-order valence-electron chi connectivity index (χ1n) is 9.27. The van der Waals surface area contributed by atoms with Gasteiger partial charge in [0.2, 0.25) is 5.76 Å². The summed E-state index contributed by atoms with van der Waals surface area (Å²) < 4.78 is 17.9. The second-order valence-corrected chi connectivity index (χ2v) is 7.17. The molecule has 0 spiro atoms. The van der Waals surface area contributed by atoms with Gasteiger partial charge in [-0.05, 0) is 19.8 Å². The predicted octanol–water partition coefficient (Wildman–Crippen LogP) is 1.82. The normalized spacial score (nSPS) is 17.3. The minimum Gasteiger partial charge on any atom is -0.438 e. The highest BCUT2D eigenvalue weighted by Crippen LogP contribution is 2.33. The van der Waals surface area contributed by atoms with Gasteiger partial charge in [0.15, 0.2) is 17.9 Å². The molecule has 1 fully saturated rings. The van der Waals surface area contributed by atoms with Crippen LogP contribution in [0.5, 0.6) is 0 Å². The highest BCUT2D eigenvalue weighted by Gasteiger charge is 2.34. The Balaban J connectivity index is 1.41. The predicted molar refractivity (Wildman–Crippen MR) is 94.1 cm³/mol. The maximum absolute atomic E-state index is 12.8. The zero-order chi connectivity index (χ0) is 19.3. The largest absolute Gasteiger partial charge is 0.438 e. The Kier molecular flexibility index (Phi) is 4.00. The van der Waals surface area contributed by atoms with Gasteiger partial charge in [0.25, 0.3) is 11.8 Å². The summed E-state index contributed by atoms with van der Waals surface area (Å²) in [6, 6.07) is 0. The van der Waals surface area contributed by atoms with Crippen LogP contribution >= 0.6 is 0 Å². The lowest BCUT2D eigenvalue weighted by Crippen LogP contribution is -2.26. The lowest BCUT2D eigenvalue weighted by Gasteiger charge is -2.18. The van der Waals surface area contributed by atoms with E-state index in [0.29, 0.717) is 49.4 Å². The molecule has 0 bridgehead atoms. The molecule has 0 N–H and O–H groups in total. The van der Waals surface area contributed by atoms with Crippen molar-refractivity contribution in [1.82, 2.24) is 29.8 Å². The molecular weight excluding hydrogens is 364 g/mol. The van der Waals surface area contributed by atoms with Crippen molar-refractivity contribution in [1.29, 1.82) is 0 Å².